The van der Waals surface area contributed by atoms with E-state index < -0.39 is 30.2 Å². The van der Waals surface area contributed by atoms with Gasteiger partial charge in [0.25, 0.3) is 0 Å². The molecule has 1 unspecified atom stereocenters. The molecule has 1 aliphatic rings. The van der Waals surface area contributed by atoms with E-state index in [9.17, 15) is 19.0 Å². The highest BCUT2D eigenvalue weighted by Gasteiger charge is 2.44. The summed E-state index contributed by atoms with van der Waals surface area (Å²) < 4.78 is 28.9. The van der Waals surface area contributed by atoms with Gasteiger partial charge in [-0.25, -0.2) is 18.7 Å². The largest absolute Gasteiger partial charge is 0.390 e. The van der Waals surface area contributed by atoms with Gasteiger partial charge >= 0.3 is 0 Å². The van der Waals surface area contributed by atoms with Gasteiger partial charge in [0.05, 0.1) is 24.7 Å². The van der Waals surface area contributed by atoms with Crippen LogP contribution in [0.25, 0.3) is 11.0 Å². The Morgan fingerprint density at radius 2 is 2.11 bits per heavy atom. The van der Waals surface area contributed by atoms with Crippen LogP contribution in [0.4, 0.5) is 14.6 Å². The number of nitrogens with two attached hydrogens (primary N) is 1. The van der Waals surface area contributed by atoms with Crippen LogP contribution in [0.15, 0.2) is 12.5 Å². The molecule has 0 aromatic carbocycles. The first-order valence-electron chi connectivity index (χ1n) is 5.77. The number of nitrogen functional groups attached to an aromatic ring is 1. The third kappa shape index (κ3) is 1.67. The molecule has 0 saturated heterocycles. The Labute approximate surface area is 106 Å². The molecule has 2 aromatic heterocycles. The zero-order valence-corrected chi connectivity index (χ0v) is 9.74. The van der Waals surface area contributed by atoms with Crippen molar-refractivity contribution < 1.29 is 19.0 Å². The lowest BCUT2D eigenvalue weighted by molar-refractivity contribution is 0.0223. The molecule has 0 bridgehead atoms. The van der Waals surface area contributed by atoms with Crippen molar-refractivity contribution >= 4 is 16.9 Å². The van der Waals surface area contributed by atoms with Gasteiger partial charge in [-0.3, -0.25) is 0 Å². The zero-order chi connectivity index (χ0) is 13.7. The molecule has 4 N–H and O–H groups in total. The maximum Gasteiger partial charge on any atom is 0.167 e. The molecule has 8 heteroatoms. The lowest BCUT2D eigenvalue weighted by atomic mass is 10.2. The lowest BCUT2D eigenvalue weighted by Gasteiger charge is -2.20. The summed E-state index contributed by atoms with van der Waals surface area (Å²) in [5.41, 5.74) is 5.67. The molecule has 1 aliphatic carbocycles. The van der Waals surface area contributed by atoms with Crippen LogP contribution in [-0.2, 0) is 0 Å². The van der Waals surface area contributed by atoms with E-state index in [4.69, 9.17) is 5.73 Å². The van der Waals surface area contributed by atoms with E-state index in [-0.39, 0.29) is 23.3 Å². The predicted octanol–water partition coefficient (Wildman–Crippen LogP) is 0.157. The number of rotatable bonds is 1. The fraction of sp³-hybridized carbons (Fsp3) is 0.455. The van der Waals surface area contributed by atoms with Crippen LogP contribution in [0.1, 0.15) is 12.5 Å². The fourth-order valence-electron chi connectivity index (χ4n) is 2.55. The van der Waals surface area contributed by atoms with Crippen molar-refractivity contribution in [3.63, 3.8) is 0 Å². The van der Waals surface area contributed by atoms with Crippen LogP contribution in [0, 0.1) is 5.82 Å². The number of aromatic nitrogens is 3. The Morgan fingerprint density at radius 1 is 1.37 bits per heavy atom. The van der Waals surface area contributed by atoms with Crippen LogP contribution >= 0.6 is 0 Å². The van der Waals surface area contributed by atoms with Crippen molar-refractivity contribution in [2.75, 3.05) is 5.73 Å². The maximum absolute atomic E-state index is 13.9. The quantitative estimate of drug-likeness (QED) is 0.685. The monoisotopic (exact) mass is 270 g/mol. The minimum absolute atomic E-state index is 0.0201. The molecular weight excluding hydrogens is 258 g/mol. The second-order valence-corrected chi connectivity index (χ2v) is 4.64. The first-order valence-corrected chi connectivity index (χ1v) is 5.77. The van der Waals surface area contributed by atoms with Gasteiger partial charge in [0.1, 0.15) is 23.3 Å². The van der Waals surface area contributed by atoms with Gasteiger partial charge in [0, 0.05) is 6.42 Å². The second-order valence-electron chi connectivity index (χ2n) is 4.64. The molecule has 0 spiro atoms. The van der Waals surface area contributed by atoms with E-state index in [1.54, 1.807) is 0 Å². The van der Waals surface area contributed by atoms with Crippen molar-refractivity contribution in [1.29, 1.82) is 0 Å². The summed E-state index contributed by atoms with van der Waals surface area (Å²) >= 11 is 0. The molecule has 0 radical (unpaired) electrons. The number of hydrogen-bond acceptors (Lipinski definition) is 5. The number of pyridine rings is 1. The summed E-state index contributed by atoms with van der Waals surface area (Å²) in [5, 5.41) is 19.3. The Bertz CT molecular complexity index is 632. The summed E-state index contributed by atoms with van der Waals surface area (Å²) in [7, 11) is 0. The maximum atomic E-state index is 13.9. The van der Waals surface area contributed by atoms with Gasteiger partial charge in [0.15, 0.2) is 11.6 Å². The van der Waals surface area contributed by atoms with Crippen molar-refractivity contribution in [3.05, 3.63) is 18.3 Å². The van der Waals surface area contributed by atoms with Gasteiger partial charge < -0.3 is 20.5 Å². The van der Waals surface area contributed by atoms with Crippen LogP contribution in [0.5, 0.6) is 0 Å². The predicted molar refractivity (Wildman–Crippen MR) is 62.5 cm³/mol. The van der Waals surface area contributed by atoms with Crippen molar-refractivity contribution in [3.8, 4) is 0 Å². The first-order chi connectivity index (χ1) is 9.00. The van der Waals surface area contributed by atoms with Gasteiger partial charge in [-0.1, -0.05) is 0 Å². The number of imidazole rings is 1. The highest BCUT2D eigenvalue weighted by Crippen LogP contribution is 2.36. The molecule has 2 heterocycles. The lowest BCUT2D eigenvalue weighted by Crippen LogP contribution is -2.29. The third-order valence-electron chi connectivity index (χ3n) is 3.48. The van der Waals surface area contributed by atoms with Crippen molar-refractivity contribution in [1.82, 2.24) is 14.5 Å². The summed E-state index contributed by atoms with van der Waals surface area (Å²) in [6.07, 6.45) is -2.07. The normalized spacial score (nSPS) is 31.2. The van der Waals surface area contributed by atoms with Crippen LogP contribution in [0.3, 0.4) is 0 Å². The standard InChI is InChI=1S/C11H12F2N4O2/c12-4-1-6(18)10(19)9(4)17-3-16-7-8(17)5(13)2-15-11(7)14/h2-4,6,9-10,18-19H,1H2,(H2,14,15)/t4?,6-,9-,10-/m1/s1. The van der Waals surface area contributed by atoms with Gasteiger partial charge in [-0.2, -0.15) is 0 Å². The number of hydrogen-bond donors (Lipinski definition) is 3. The third-order valence-corrected chi connectivity index (χ3v) is 3.48. The zero-order valence-electron chi connectivity index (χ0n) is 9.74. The number of anilines is 1. The molecular formula is C11H12F2N4O2. The number of alkyl halides is 1. The molecule has 4 atom stereocenters. The van der Waals surface area contributed by atoms with E-state index in [2.05, 4.69) is 9.97 Å². The van der Waals surface area contributed by atoms with Crippen LogP contribution in [-0.4, -0.2) is 43.1 Å². The van der Waals surface area contributed by atoms with Crippen molar-refractivity contribution in [2.24, 2.45) is 0 Å². The number of fused-ring (bicyclic) bond motifs is 1. The molecule has 19 heavy (non-hydrogen) atoms. The van der Waals surface area contributed by atoms with Gasteiger partial charge in [0.2, 0.25) is 0 Å². The highest BCUT2D eigenvalue weighted by molar-refractivity contribution is 5.85. The molecule has 102 valence electrons. The number of aliphatic hydroxyl groups is 2. The fourth-order valence-corrected chi connectivity index (χ4v) is 2.55. The van der Waals surface area contributed by atoms with Gasteiger partial charge in [-0.05, 0) is 0 Å². The Balaban J connectivity index is 2.19. The Hall–Kier alpha value is -1.80. The minimum atomic E-state index is -1.49. The SMILES string of the molecule is Nc1ncc(F)c2c1ncn2[C@@H]1C(F)C[C@@H](O)[C@H]1O. The molecule has 2 aromatic rings. The molecule has 3 rings (SSSR count). The molecule has 6 nitrogen and oxygen atoms in total. The van der Waals surface area contributed by atoms with E-state index in [0.29, 0.717) is 0 Å². The molecule has 0 amide bonds. The Morgan fingerprint density at radius 3 is 2.74 bits per heavy atom. The summed E-state index contributed by atoms with van der Waals surface area (Å²) in [4.78, 5) is 7.51. The first kappa shape index (κ1) is 12.2. The summed E-state index contributed by atoms with van der Waals surface area (Å²) in [6.45, 7) is 0. The minimum Gasteiger partial charge on any atom is -0.390 e. The van der Waals surface area contributed by atoms with Crippen LogP contribution in [0.2, 0.25) is 0 Å². The van der Waals surface area contributed by atoms with Crippen LogP contribution < -0.4 is 5.73 Å². The number of nitrogens with zero attached hydrogens (tertiary/aromatic N) is 3. The summed E-state index contributed by atoms with van der Waals surface area (Å²) in [5.74, 6) is -0.680. The van der Waals surface area contributed by atoms with E-state index >= 15 is 0 Å². The van der Waals surface area contributed by atoms with E-state index in [0.717, 1.165) is 6.20 Å². The average Bonchev–Trinajstić information content (AvgIpc) is 2.88. The average molecular weight is 270 g/mol. The number of halogens is 2. The highest BCUT2D eigenvalue weighted by atomic mass is 19.1. The second kappa shape index (κ2) is 4.10. The van der Waals surface area contributed by atoms with Gasteiger partial charge in [-0.15, -0.1) is 0 Å². The Kier molecular flexibility index (Phi) is 2.64. The van der Waals surface area contributed by atoms with E-state index in [1.807, 2.05) is 0 Å². The van der Waals surface area contributed by atoms with Crippen molar-refractivity contribution in [2.45, 2.75) is 30.8 Å². The molecule has 1 saturated carbocycles. The molecule has 1 fully saturated rings. The molecule has 0 aliphatic heterocycles. The van der Waals surface area contributed by atoms with E-state index in [1.165, 1.54) is 10.9 Å². The smallest absolute Gasteiger partial charge is 0.167 e. The number of aliphatic hydroxyl groups excluding tert-OH is 2. The summed E-state index contributed by atoms with van der Waals surface area (Å²) in [6, 6.07) is -1.09. The topological polar surface area (TPSA) is 97.2 Å².